The molecule has 0 radical (unpaired) electrons. The van der Waals surface area contributed by atoms with Gasteiger partial charge in [0, 0.05) is 25.2 Å². The van der Waals surface area contributed by atoms with E-state index in [1.807, 2.05) is 0 Å². The Balaban J connectivity index is 1.54. The zero-order valence-electron chi connectivity index (χ0n) is 19.2. The van der Waals surface area contributed by atoms with Gasteiger partial charge in [0.2, 0.25) is 5.95 Å². The number of hydrogen-bond acceptors (Lipinski definition) is 8. The molecule has 0 saturated heterocycles. The monoisotopic (exact) mass is 481 g/mol. The Morgan fingerprint density at radius 1 is 1.35 bits per heavy atom. The first-order valence-corrected chi connectivity index (χ1v) is 11.2. The number of nitrogens with one attached hydrogen (secondary N) is 1. The minimum Gasteiger partial charge on any atom is -0.501 e. The third-order valence-electron chi connectivity index (χ3n) is 7.02. The first-order valence-electron chi connectivity index (χ1n) is 11.2. The van der Waals surface area contributed by atoms with E-state index in [0.717, 1.165) is 19.3 Å². The second-order valence-corrected chi connectivity index (χ2v) is 8.87. The Bertz CT molecular complexity index is 991. The Labute approximate surface area is 196 Å². The predicted molar refractivity (Wildman–Crippen MR) is 122 cm³/mol. The molecule has 12 heteroatoms. The highest BCUT2D eigenvalue weighted by molar-refractivity contribution is 5.58. The van der Waals surface area contributed by atoms with Crippen LogP contribution in [-0.4, -0.2) is 55.3 Å². The lowest BCUT2D eigenvalue weighted by Crippen LogP contribution is -2.52. The van der Waals surface area contributed by atoms with Crippen LogP contribution in [0.1, 0.15) is 32.1 Å². The number of aromatic nitrogens is 2. The van der Waals surface area contributed by atoms with Crippen molar-refractivity contribution in [2.24, 2.45) is 27.8 Å². The number of rotatable bonds is 7. The van der Waals surface area contributed by atoms with Gasteiger partial charge in [-0.25, -0.2) is 4.98 Å². The van der Waals surface area contributed by atoms with E-state index in [0.29, 0.717) is 23.0 Å². The number of hydrogen-bond donors (Lipinski definition) is 3. The molecule has 186 valence electrons. The highest BCUT2D eigenvalue weighted by atomic mass is 19.4. The lowest BCUT2D eigenvalue weighted by atomic mass is 9.94. The van der Waals surface area contributed by atoms with Crippen molar-refractivity contribution in [3.63, 3.8) is 0 Å². The number of methoxy groups -OCH3 is 1. The molecule has 2 fully saturated rings. The quantitative estimate of drug-likeness (QED) is 0.235. The third-order valence-corrected chi connectivity index (χ3v) is 7.02. The van der Waals surface area contributed by atoms with Crippen molar-refractivity contribution < 1.29 is 22.6 Å². The molecule has 0 bridgehead atoms. The van der Waals surface area contributed by atoms with Gasteiger partial charge >= 0.3 is 6.18 Å². The summed E-state index contributed by atoms with van der Waals surface area (Å²) in [7, 11) is 3.19. The largest absolute Gasteiger partial charge is 0.501 e. The molecule has 2 aliphatic carbocycles. The van der Waals surface area contributed by atoms with Crippen LogP contribution in [0.3, 0.4) is 0 Å². The van der Waals surface area contributed by atoms with Crippen LogP contribution in [0.5, 0.6) is 5.75 Å². The van der Waals surface area contributed by atoms with Crippen LogP contribution in [-0.2, 0) is 4.74 Å². The van der Waals surface area contributed by atoms with Gasteiger partial charge in [-0.3, -0.25) is 4.99 Å². The second-order valence-electron chi connectivity index (χ2n) is 8.87. The van der Waals surface area contributed by atoms with Crippen molar-refractivity contribution in [1.82, 2.24) is 9.97 Å². The molecule has 3 aliphatic rings. The molecule has 1 aromatic rings. The number of aliphatic imine (C=N–C) groups is 1. The lowest BCUT2D eigenvalue weighted by molar-refractivity contribution is -0.195. The van der Waals surface area contributed by atoms with Gasteiger partial charge in [0.05, 0.1) is 42.8 Å². The topological polar surface area (TPSA) is 124 Å². The van der Waals surface area contributed by atoms with E-state index in [9.17, 15) is 13.2 Å². The van der Waals surface area contributed by atoms with Crippen LogP contribution in [0.4, 0.5) is 24.9 Å². The summed E-state index contributed by atoms with van der Waals surface area (Å²) < 4.78 is 52.3. The fourth-order valence-electron chi connectivity index (χ4n) is 4.96. The highest BCUT2D eigenvalue weighted by Gasteiger charge is 2.69. The molecule has 0 spiro atoms. The van der Waals surface area contributed by atoms with Gasteiger partial charge < -0.3 is 31.2 Å². The van der Waals surface area contributed by atoms with Crippen molar-refractivity contribution in [1.29, 1.82) is 0 Å². The summed E-state index contributed by atoms with van der Waals surface area (Å²) in [5.74, 6) is 1.56. The number of nitrogens with zero attached hydrogens (tertiary/aromatic N) is 4. The van der Waals surface area contributed by atoms with Gasteiger partial charge in [-0.15, -0.1) is 0 Å². The molecule has 5 N–H and O–H groups in total. The minimum absolute atomic E-state index is 0.0290. The average Bonchev–Trinajstić information content (AvgIpc) is 3.51. The number of likely N-dealkylation sites (N-methyl/N-ethyl adjacent to an activating group) is 1. The Hall–Kier alpha value is -3.18. The lowest BCUT2D eigenvalue weighted by Gasteiger charge is -2.40. The summed E-state index contributed by atoms with van der Waals surface area (Å²) in [6.45, 7) is -0.0686. The molecule has 0 amide bonds. The summed E-state index contributed by atoms with van der Waals surface area (Å²) in [4.78, 5) is 14.6. The van der Waals surface area contributed by atoms with Crippen molar-refractivity contribution in [2.45, 2.75) is 50.4 Å². The molecular formula is C22H30F3N7O2. The van der Waals surface area contributed by atoms with E-state index in [1.54, 1.807) is 25.1 Å². The number of allylic oxidation sites excluding steroid dienone is 1. The molecule has 1 aromatic heterocycles. The molecule has 3 unspecified atom stereocenters. The minimum atomic E-state index is -4.30. The highest BCUT2D eigenvalue weighted by Crippen LogP contribution is 2.62. The number of fused-ring (bicyclic) bond motifs is 1. The maximum atomic E-state index is 13.7. The molecular weight excluding hydrogens is 451 g/mol. The van der Waals surface area contributed by atoms with E-state index >= 15 is 0 Å². The van der Waals surface area contributed by atoms with Crippen LogP contribution in [0.2, 0.25) is 0 Å². The summed E-state index contributed by atoms with van der Waals surface area (Å²) in [5, 5.41) is 3.02. The standard InChI is InChI=1S/C22H30F3N7O2/c1-32-18(21(6-7-21)22(23,24)25)11-34-17-10-28-20(31-19(17)32)30-13(9-26)8-16(33-2)14-4-3-5-15(14)29-12-27/h8-10,12,14-15,18H,3-7,11,26H2,1-2H3,(H2,27,29)(H,28,30,31)/b13-9+,16-8+. The number of anilines is 2. The third kappa shape index (κ3) is 4.32. The molecule has 2 saturated carbocycles. The molecule has 4 rings (SSSR count). The van der Waals surface area contributed by atoms with Crippen LogP contribution >= 0.6 is 0 Å². The van der Waals surface area contributed by atoms with Crippen LogP contribution in [0, 0.1) is 11.3 Å². The van der Waals surface area contributed by atoms with E-state index in [-0.39, 0.29) is 37.4 Å². The summed E-state index contributed by atoms with van der Waals surface area (Å²) in [6.07, 6.45) is 4.55. The van der Waals surface area contributed by atoms with Gasteiger partial charge in [-0.2, -0.15) is 18.2 Å². The zero-order chi connectivity index (χ0) is 24.5. The van der Waals surface area contributed by atoms with Crippen LogP contribution in [0.25, 0.3) is 0 Å². The van der Waals surface area contributed by atoms with E-state index in [2.05, 4.69) is 20.3 Å². The first-order chi connectivity index (χ1) is 16.2. The van der Waals surface area contributed by atoms with Crippen molar-refractivity contribution in [2.75, 3.05) is 31.0 Å². The maximum absolute atomic E-state index is 13.7. The summed E-state index contributed by atoms with van der Waals surface area (Å²) >= 11 is 0. The van der Waals surface area contributed by atoms with Gasteiger partial charge in [-0.05, 0) is 25.7 Å². The predicted octanol–water partition coefficient (Wildman–Crippen LogP) is 2.91. The molecule has 2 heterocycles. The van der Waals surface area contributed by atoms with E-state index in [4.69, 9.17) is 20.9 Å². The molecule has 0 aromatic carbocycles. The Kier molecular flexibility index (Phi) is 6.50. The normalized spacial score (nSPS) is 26.9. The van der Waals surface area contributed by atoms with Gasteiger partial charge in [0.25, 0.3) is 0 Å². The number of nitrogens with two attached hydrogens (primary N) is 2. The number of halogens is 3. The van der Waals surface area contributed by atoms with Gasteiger partial charge in [-0.1, -0.05) is 6.42 Å². The van der Waals surface area contributed by atoms with Crippen molar-refractivity contribution >= 4 is 18.1 Å². The van der Waals surface area contributed by atoms with Crippen molar-refractivity contribution in [3.05, 3.63) is 29.9 Å². The summed E-state index contributed by atoms with van der Waals surface area (Å²) in [5.41, 5.74) is 10.0. The smallest absolute Gasteiger partial charge is 0.396 e. The van der Waals surface area contributed by atoms with Gasteiger partial charge in [0.1, 0.15) is 12.4 Å². The van der Waals surface area contributed by atoms with Crippen LogP contribution < -0.4 is 26.4 Å². The number of ether oxygens (including phenoxy) is 2. The van der Waals surface area contributed by atoms with E-state index < -0.39 is 17.6 Å². The fraction of sp³-hybridized carbons (Fsp3) is 0.591. The molecule has 34 heavy (non-hydrogen) atoms. The molecule has 3 atom stereocenters. The second kappa shape index (κ2) is 9.22. The number of alkyl halides is 3. The molecule has 1 aliphatic heterocycles. The Morgan fingerprint density at radius 2 is 2.12 bits per heavy atom. The van der Waals surface area contributed by atoms with Crippen molar-refractivity contribution in [3.8, 4) is 5.75 Å². The maximum Gasteiger partial charge on any atom is 0.396 e. The fourth-order valence-corrected chi connectivity index (χ4v) is 4.96. The van der Waals surface area contributed by atoms with Crippen LogP contribution in [0.15, 0.2) is 34.9 Å². The van der Waals surface area contributed by atoms with Gasteiger partial charge in [0.15, 0.2) is 11.6 Å². The van der Waals surface area contributed by atoms with E-state index in [1.165, 1.54) is 18.7 Å². The summed E-state index contributed by atoms with van der Waals surface area (Å²) in [6, 6.07) is -0.823. The zero-order valence-corrected chi connectivity index (χ0v) is 19.2. The molecule has 9 nitrogen and oxygen atoms in total. The average molecular weight is 482 g/mol. The first kappa shape index (κ1) is 24.0. The Morgan fingerprint density at radius 3 is 2.74 bits per heavy atom. The SMILES string of the molecule is CO/C(=C/C(=C\N)Nc1ncc2c(n1)N(C)C(C1(C(F)(F)F)CC1)CO2)C1CCCC1N=CN.